The van der Waals surface area contributed by atoms with Crippen molar-refractivity contribution >= 4 is 19.2 Å². The molecule has 4 nitrogen and oxygen atoms in total. The molecule has 0 saturated heterocycles. The monoisotopic (exact) mass is 524 g/mol. The van der Waals surface area contributed by atoms with Gasteiger partial charge in [-0.05, 0) is 0 Å². The van der Waals surface area contributed by atoms with Gasteiger partial charge in [0.15, 0.2) is 0 Å². The second-order valence-corrected chi connectivity index (χ2v) is 18.5. The van der Waals surface area contributed by atoms with Crippen LogP contribution >= 0.6 is 0 Å². The molecule has 0 atom stereocenters. The first-order valence-electron chi connectivity index (χ1n) is 12.9. The molecule has 0 aliphatic carbocycles. The summed E-state index contributed by atoms with van der Waals surface area (Å²) in [5.74, 6) is 0. The van der Waals surface area contributed by atoms with Crippen LogP contribution in [0.25, 0.3) is 0 Å². The molecule has 0 N–H and O–H groups in total. The molecule has 0 aromatic rings. The number of nitrogens with zero attached hydrogens (tertiary/aromatic N) is 2. The summed E-state index contributed by atoms with van der Waals surface area (Å²) in [5, 5.41) is 0. The van der Waals surface area contributed by atoms with Gasteiger partial charge in [0.25, 0.3) is 0 Å². The molecule has 0 bridgehead atoms. The molecule has 0 saturated carbocycles. The Labute approximate surface area is 189 Å². The summed E-state index contributed by atoms with van der Waals surface area (Å²) in [6.07, 6.45) is 5.03. The zero-order valence-corrected chi connectivity index (χ0v) is 24.4. The third-order valence-electron chi connectivity index (χ3n) is 7.71. The van der Waals surface area contributed by atoms with E-state index in [9.17, 15) is 0 Å². The van der Waals surface area contributed by atoms with Gasteiger partial charge < -0.3 is 0 Å². The fraction of sp³-hybridized carbons (Fsp3) is 1.00. The first-order valence-corrected chi connectivity index (χ1v) is 19.2. The number of hydrogen-bond donors (Lipinski definition) is 0. The zero-order chi connectivity index (χ0) is 22.2. The van der Waals surface area contributed by atoms with Gasteiger partial charge in [-0.15, -0.1) is 0 Å². The minimum absolute atomic E-state index is 0.897. The molecule has 0 amide bonds. The van der Waals surface area contributed by atoms with E-state index in [-0.39, 0.29) is 0 Å². The van der Waals surface area contributed by atoms with E-state index >= 15 is 0 Å². The average molecular weight is 523 g/mol. The van der Waals surface area contributed by atoms with Crippen LogP contribution in [0.5, 0.6) is 0 Å². The summed E-state index contributed by atoms with van der Waals surface area (Å²) in [4.78, 5) is 0. The predicted octanol–water partition coefficient (Wildman–Crippen LogP) is 5.82. The van der Waals surface area contributed by atoms with E-state index in [2.05, 4.69) is 55.4 Å². The van der Waals surface area contributed by atoms with Gasteiger partial charge in [-0.2, -0.15) is 0 Å². The van der Waals surface area contributed by atoms with Crippen molar-refractivity contribution in [2.45, 2.75) is 89.9 Å². The van der Waals surface area contributed by atoms with E-state index in [1.807, 2.05) is 0 Å². The van der Waals surface area contributed by atoms with E-state index in [4.69, 9.17) is 6.15 Å². The van der Waals surface area contributed by atoms with Crippen molar-refractivity contribution in [2.75, 3.05) is 65.6 Å². The fourth-order valence-corrected chi connectivity index (χ4v) is 14.8. The van der Waals surface area contributed by atoms with Gasteiger partial charge in [0, 0.05) is 0 Å². The Morgan fingerprint density at radius 1 is 0.517 bits per heavy atom. The third-order valence-corrected chi connectivity index (χ3v) is 18.2. The van der Waals surface area contributed by atoms with Crippen LogP contribution < -0.4 is 0 Å². The third kappa shape index (κ3) is 10.2. The van der Waals surface area contributed by atoms with E-state index in [0.717, 1.165) is 26.3 Å². The van der Waals surface area contributed by atoms with Crippen molar-refractivity contribution in [1.82, 2.24) is 0 Å². The van der Waals surface area contributed by atoms with Crippen LogP contribution in [0.4, 0.5) is 0 Å². The van der Waals surface area contributed by atoms with Crippen molar-refractivity contribution in [1.29, 1.82) is 0 Å². The molecular formula is C24H56N2O2Sn+2. The first-order chi connectivity index (χ1) is 13.9. The molecule has 0 aliphatic rings. The van der Waals surface area contributed by atoms with Gasteiger partial charge >= 0.3 is 190 Å². The van der Waals surface area contributed by atoms with E-state index < -0.39 is 19.2 Å². The topological polar surface area (TPSA) is 18.5 Å². The fourth-order valence-electron chi connectivity index (χ4n) is 4.49. The van der Waals surface area contributed by atoms with Gasteiger partial charge in [-0.25, -0.2) is 0 Å². The molecule has 0 spiro atoms. The molecule has 29 heavy (non-hydrogen) atoms. The molecule has 176 valence electrons. The Bertz CT molecular complexity index is 333. The van der Waals surface area contributed by atoms with Gasteiger partial charge in [0.2, 0.25) is 0 Å². The molecular weight excluding hydrogens is 467 g/mol. The second-order valence-electron chi connectivity index (χ2n) is 8.84. The van der Waals surface area contributed by atoms with E-state index in [1.165, 1.54) is 82.8 Å². The number of hydrogen-bond acceptors (Lipinski definition) is 2. The molecule has 0 unspecified atom stereocenters. The normalized spacial score (nSPS) is 13.2. The van der Waals surface area contributed by atoms with Gasteiger partial charge in [0.1, 0.15) is 0 Å². The maximum absolute atomic E-state index is 6.88. The quantitative estimate of drug-likeness (QED) is 0.148. The molecule has 0 aliphatic heterocycles. The standard InChI is InChI=1S/2C8H19NO.2C4H9.Sn/c2*1-4-9(5-2,6-3)7-8-10;2*1-3-4-2;/h2*4-8H2,1-3H3;2*1,3-4H2,2H3;/q;;;;+2. The molecule has 0 aromatic carbocycles. The van der Waals surface area contributed by atoms with Crippen LogP contribution in [0, 0.1) is 0 Å². The Balaban J connectivity index is 5.20. The number of quaternary nitrogens is 2. The summed E-state index contributed by atoms with van der Waals surface area (Å²) >= 11 is -3.03. The van der Waals surface area contributed by atoms with E-state index in [0.29, 0.717) is 0 Å². The van der Waals surface area contributed by atoms with Crippen LogP contribution in [0.3, 0.4) is 0 Å². The molecule has 0 aromatic heterocycles. The van der Waals surface area contributed by atoms with E-state index in [1.54, 1.807) is 0 Å². The SMILES string of the molecule is CCC[CH2][Sn]([CH2]CCC)([O]CC[N+](CC)(CC)CC)[O]CC[N+](CC)(CC)CC. The average Bonchev–Trinajstić information content (AvgIpc) is 2.77. The summed E-state index contributed by atoms with van der Waals surface area (Å²) < 4.78 is 18.6. The van der Waals surface area contributed by atoms with Gasteiger partial charge in [-0.3, -0.25) is 0 Å². The Kier molecular flexibility index (Phi) is 16.7. The summed E-state index contributed by atoms with van der Waals surface area (Å²) in [5.41, 5.74) is 0. The van der Waals surface area contributed by atoms with Crippen LogP contribution in [0.15, 0.2) is 0 Å². The molecule has 0 rings (SSSR count). The van der Waals surface area contributed by atoms with Crippen molar-refractivity contribution in [2.24, 2.45) is 0 Å². The summed E-state index contributed by atoms with van der Waals surface area (Å²) in [6.45, 7) is 29.8. The maximum atomic E-state index is 6.88. The Morgan fingerprint density at radius 3 is 1.07 bits per heavy atom. The van der Waals surface area contributed by atoms with Crippen molar-refractivity contribution in [3.8, 4) is 0 Å². The van der Waals surface area contributed by atoms with Crippen molar-refractivity contribution in [3.05, 3.63) is 0 Å². The van der Waals surface area contributed by atoms with Crippen LogP contribution in [-0.2, 0) is 6.15 Å². The Hall–Kier alpha value is 0.639. The molecule has 0 radical (unpaired) electrons. The van der Waals surface area contributed by atoms with Crippen molar-refractivity contribution in [3.63, 3.8) is 0 Å². The van der Waals surface area contributed by atoms with Crippen LogP contribution in [-0.4, -0.2) is 93.7 Å². The minimum atomic E-state index is -3.03. The number of unbranched alkanes of at least 4 members (excludes halogenated alkanes) is 2. The second kappa shape index (κ2) is 16.3. The molecule has 5 heteroatoms. The van der Waals surface area contributed by atoms with Gasteiger partial charge in [0.05, 0.1) is 0 Å². The number of likely N-dealkylation sites (N-methyl/N-ethyl adjacent to an activating group) is 2. The zero-order valence-electron chi connectivity index (χ0n) is 21.5. The van der Waals surface area contributed by atoms with Gasteiger partial charge in [-0.1, -0.05) is 0 Å². The van der Waals surface area contributed by atoms with Crippen LogP contribution in [0.1, 0.15) is 81.1 Å². The number of rotatable bonds is 20. The first kappa shape index (κ1) is 29.6. The Morgan fingerprint density at radius 2 is 0.828 bits per heavy atom. The molecule has 0 heterocycles. The summed E-state index contributed by atoms with van der Waals surface area (Å²) in [7, 11) is 0. The molecule has 0 fully saturated rings. The predicted molar refractivity (Wildman–Crippen MR) is 131 cm³/mol. The van der Waals surface area contributed by atoms with Crippen LogP contribution in [0.2, 0.25) is 8.87 Å². The summed E-state index contributed by atoms with van der Waals surface area (Å²) in [6, 6.07) is 0. The van der Waals surface area contributed by atoms with Crippen molar-refractivity contribution < 1.29 is 15.1 Å².